The van der Waals surface area contributed by atoms with Gasteiger partial charge in [-0.2, -0.15) is 0 Å². The normalized spacial score (nSPS) is 22.9. The van der Waals surface area contributed by atoms with Crippen LogP contribution in [0.1, 0.15) is 41.2 Å². The van der Waals surface area contributed by atoms with Crippen LogP contribution in [-0.4, -0.2) is 57.9 Å². The second-order valence-electron chi connectivity index (χ2n) is 8.51. The highest BCUT2D eigenvalue weighted by atomic mass is 19.1. The molecule has 0 N–H and O–H groups in total. The van der Waals surface area contributed by atoms with Crippen molar-refractivity contribution in [2.45, 2.75) is 25.3 Å². The summed E-state index contributed by atoms with van der Waals surface area (Å²) in [5.41, 5.74) is 0.0181. The first-order valence-electron chi connectivity index (χ1n) is 10.3. The SMILES string of the molecule is O=C(c1cncc(F)c1)N1CCC2(CC1)CN1CC[C@@H](c3cc(F)cc(F)c3)N1C2=O. The molecule has 4 heterocycles. The molecule has 3 aliphatic heterocycles. The van der Waals surface area contributed by atoms with Gasteiger partial charge in [-0.3, -0.25) is 19.6 Å². The second kappa shape index (κ2) is 7.33. The zero-order chi connectivity index (χ0) is 21.8. The van der Waals surface area contributed by atoms with Crippen LogP contribution in [0.4, 0.5) is 13.2 Å². The van der Waals surface area contributed by atoms with E-state index in [0.29, 0.717) is 51.0 Å². The molecule has 162 valence electrons. The Balaban J connectivity index is 1.32. The van der Waals surface area contributed by atoms with E-state index in [2.05, 4.69) is 4.98 Å². The minimum Gasteiger partial charge on any atom is -0.339 e. The molecule has 5 rings (SSSR count). The lowest BCUT2D eigenvalue weighted by molar-refractivity contribution is -0.144. The number of hydrazine groups is 1. The smallest absolute Gasteiger partial charge is 0.255 e. The summed E-state index contributed by atoms with van der Waals surface area (Å²) in [4.78, 5) is 31.5. The Hall–Kier alpha value is -2.94. The second-order valence-corrected chi connectivity index (χ2v) is 8.51. The number of hydrogen-bond acceptors (Lipinski definition) is 4. The van der Waals surface area contributed by atoms with Gasteiger partial charge in [-0.1, -0.05) is 0 Å². The minimum absolute atomic E-state index is 0.0563. The number of rotatable bonds is 2. The van der Waals surface area contributed by atoms with Crippen LogP contribution in [0.5, 0.6) is 0 Å². The Morgan fingerprint density at radius 1 is 0.968 bits per heavy atom. The lowest BCUT2D eigenvalue weighted by Crippen LogP contribution is -2.48. The molecule has 1 atom stereocenters. The van der Waals surface area contributed by atoms with Crippen molar-refractivity contribution in [3.63, 3.8) is 0 Å². The Morgan fingerprint density at radius 2 is 1.68 bits per heavy atom. The summed E-state index contributed by atoms with van der Waals surface area (Å²) in [6.07, 6.45) is 3.96. The van der Waals surface area contributed by atoms with Crippen molar-refractivity contribution in [1.29, 1.82) is 0 Å². The molecule has 1 spiro atoms. The Morgan fingerprint density at radius 3 is 2.35 bits per heavy atom. The molecule has 6 nitrogen and oxygen atoms in total. The molecule has 0 unspecified atom stereocenters. The van der Waals surface area contributed by atoms with Crippen LogP contribution in [0.15, 0.2) is 36.7 Å². The summed E-state index contributed by atoms with van der Waals surface area (Å²) in [7, 11) is 0. The van der Waals surface area contributed by atoms with Gasteiger partial charge in [-0.15, -0.1) is 0 Å². The number of hydrogen-bond donors (Lipinski definition) is 0. The van der Waals surface area contributed by atoms with Crippen molar-refractivity contribution < 1.29 is 22.8 Å². The molecule has 2 aromatic rings. The van der Waals surface area contributed by atoms with Crippen molar-refractivity contribution >= 4 is 11.8 Å². The first-order chi connectivity index (χ1) is 14.9. The van der Waals surface area contributed by atoms with Gasteiger partial charge < -0.3 is 4.90 Å². The molecule has 31 heavy (non-hydrogen) atoms. The third kappa shape index (κ3) is 3.37. The molecule has 3 saturated heterocycles. The van der Waals surface area contributed by atoms with Crippen molar-refractivity contribution in [1.82, 2.24) is 19.9 Å². The van der Waals surface area contributed by atoms with E-state index in [1.165, 1.54) is 18.3 Å². The number of carbonyl (C=O) groups excluding carboxylic acids is 2. The summed E-state index contributed by atoms with van der Waals surface area (Å²) in [6, 6.07) is 4.15. The Bertz CT molecular complexity index is 1030. The molecule has 0 bridgehead atoms. The van der Waals surface area contributed by atoms with Gasteiger partial charge in [0.05, 0.1) is 23.2 Å². The van der Waals surface area contributed by atoms with Gasteiger partial charge in [0.1, 0.15) is 17.5 Å². The number of amides is 2. The van der Waals surface area contributed by atoms with Crippen molar-refractivity contribution in [2.75, 3.05) is 26.2 Å². The Labute approximate surface area is 177 Å². The number of benzene rings is 1. The van der Waals surface area contributed by atoms with E-state index in [9.17, 15) is 22.8 Å². The zero-order valence-electron chi connectivity index (χ0n) is 16.7. The van der Waals surface area contributed by atoms with E-state index in [4.69, 9.17) is 0 Å². The van der Waals surface area contributed by atoms with E-state index in [0.717, 1.165) is 18.3 Å². The fraction of sp³-hybridized carbons (Fsp3) is 0.409. The molecule has 0 aliphatic carbocycles. The fourth-order valence-corrected chi connectivity index (χ4v) is 5.08. The van der Waals surface area contributed by atoms with Crippen LogP contribution in [0.25, 0.3) is 0 Å². The van der Waals surface area contributed by atoms with Gasteiger partial charge in [0, 0.05) is 38.4 Å². The molecule has 2 amide bonds. The molecular formula is C22H21F3N4O2. The molecule has 1 aromatic carbocycles. The van der Waals surface area contributed by atoms with Gasteiger partial charge in [0.2, 0.25) is 5.91 Å². The van der Waals surface area contributed by atoms with Crippen LogP contribution < -0.4 is 0 Å². The first kappa shape index (κ1) is 20.0. The number of piperidine rings is 1. The highest BCUT2D eigenvalue weighted by Crippen LogP contribution is 2.47. The monoisotopic (exact) mass is 430 g/mol. The molecular weight excluding hydrogens is 409 g/mol. The van der Waals surface area contributed by atoms with Crippen LogP contribution in [-0.2, 0) is 4.79 Å². The largest absolute Gasteiger partial charge is 0.339 e. The molecule has 1 aromatic heterocycles. The third-order valence-electron chi connectivity index (χ3n) is 6.64. The van der Waals surface area contributed by atoms with E-state index in [1.54, 1.807) is 9.91 Å². The van der Waals surface area contributed by atoms with Crippen LogP contribution in [0.2, 0.25) is 0 Å². The summed E-state index contributed by atoms with van der Waals surface area (Å²) in [5.74, 6) is -2.25. The molecule has 9 heteroatoms. The average Bonchev–Trinajstić information content (AvgIpc) is 3.26. The van der Waals surface area contributed by atoms with Gasteiger partial charge in [-0.05, 0) is 43.0 Å². The van der Waals surface area contributed by atoms with E-state index in [-0.39, 0.29) is 17.4 Å². The van der Waals surface area contributed by atoms with Gasteiger partial charge in [0.15, 0.2) is 0 Å². The lowest BCUT2D eigenvalue weighted by atomic mass is 9.77. The van der Waals surface area contributed by atoms with Gasteiger partial charge >= 0.3 is 0 Å². The average molecular weight is 430 g/mol. The summed E-state index contributed by atoms with van der Waals surface area (Å²) < 4.78 is 40.9. The molecule has 0 saturated carbocycles. The minimum atomic E-state index is -0.659. The number of aromatic nitrogens is 1. The number of halogens is 3. The first-order valence-corrected chi connectivity index (χ1v) is 10.3. The predicted molar refractivity (Wildman–Crippen MR) is 104 cm³/mol. The van der Waals surface area contributed by atoms with Crippen molar-refractivity contribution in [3.8, 4) is 0 Å². The summed E-state index contributed by atoms with van der Waals surface area (Å²) >= 11 is 0. The zero-order valence-corrected chi connectivity index (χ0v) is 16.7. The fourth-order valence-electron chi connectivity index (χ4n) is 5.08. The van der Waals surface area contributed by atoms with Gasteiger partial charge in [0.25, 0.3) is 5.91 Å². The van der Waals surface area contributed by atoms with E-state index in [1.807, 2.05) is 5.01 Å². The highest BCUT2D eigenvalue weighted by molar-refractivity contribution is 5.94. The molecule has 3 fully saturated rings. The van der Waals surface area contributed by atoms with Crippen LogP contribution >= 0.6 is 0 Å². The number of pyridine rings is 1. The third-order valence-corrected chi connectivity index (χ3v) is 6.64. The Kier molecular flexibility index (Phi) is 4.73. The van der Waals surface area contributed by atoms with Crippen molar-refractivity contribution in [3.05, 3.63) is 65.2 Å². The summed E-state index contributed by atoms with van der Waals surface area (Å²) in [5, 5.41) is 3.62. The molecule has 3 aliphatic rings. The number of likely N-dealkylation sites (tertiary alicyclic amines) is 1. The van der Waals surface area contributed by atoms with E-state index < -0.39 is 28.9 Å². The maximum atomic E-state index is 13.7. The maximum Gasteiger partial charge on any atom is 0.255 e. The van der Waals surface area contributed by atoms with Crippen LogP contribution in [0.3, 0.4) is 0 Å². The predicted octanol–water partition coefficient (Wildman–Crippen LogP) is 2.93. The number of nitrogens with zero attached hydrogens (tertiary/aromatic N) is 4. The number of carbonyl (C=O) groups is 2. The lowest BCUT2D eigenvalue weighted by Gasteiger charge is -2.37. The quantitative estimate of drug-likeness (QED) is 0.735. The molecule has 0 radical (unpaired) electrons. The van der Waals surface area contributed by atoms with Crippen LogP contribution in [0, 0.1) is 22.9 Å². The highest BCUT2D eigenvalue weighted by Gasteiger charge is 2.56. The maximum absolute atomic E-state index is 13.7. The van der Waals surface area contributed by atoms with Crippen molar-refractivity contribution in [2.24, 2.45) is 5.41 Å². The number of fused-ring (bicyclic) bond motifs is 1. The summed E-state index contributed by atoms with van der Waals surface area (Å²) in [6.45, 7) is 1.92. The van der Waals surface area contributed by atoms with E-state index >= 15 is 0 Å². The topological polar surface area (TPSA) is 56.8 Å². The van der Waals surface area contributed by atoms with Gasteiger partial charge in [-0.25, -0.2) is 18.2 Å². The standard InChI is InChI=1S/C22H21F3N4O2/c23-16-7-14(8-17(24)10-16)19-1-4-28-13-22(21(31)29(19)28)2-5-27(6-3-22)20(30)15-9-18(25)12-26-11-15/h7-12,19H,1-6,13H2/t19-/m0/s1.